The number of aromatic nitrogens is 1. The largest absolute Gasteiger partial charge is 0.491 e. The van der Waals surface area contributed by atoms with E-state index in [1.54, 1.807) is 36.8 Å². The van der Waals surface area contributed by atoms with E-state index in [1.165, 1.54) is 0 Å². The number of hydrogen-bond acceptors (Lipinski definition) is 7. The second kappa shape index (κ2) is 15.5. The number of aryl methyl sites for hydroxylation is 1. The number of hydrogen-bond donors (Lipinski definition) is 0. The molecule has 4 rings (SSSR count). The smallest absolute Gasteiger partial charge is 0.410 e. The maximum Gasteiger partial charge on any atom is 0.410 e. The number of piperidine rings is 1. The summed E-state index contributed by atoms with van der Waals surface area (Å²) < 4.78 is 23.8. The van der Waals surface area contributed by atoms with E-state index in [4.69, 9.17) is 18.9 Å². The number of amides is 2. The molecule has 0 radical (unpaired) electrons. The highest BCUT2D eigenvalue weighted by Crippen LogP contribution is 2.39. The van der Waals surface area contributed by atoms with E-state index >= 15 is 0 Å². The van der Waals surface area contributed by atoms with Crippen LogP contribution < -0.4 is 10.3 Å². The van der Waals surface area contributed by atoms with Crippen LogP contribution in [0, 0.1) is 19.8 Å². The summed E-state index contributed by atoms with van der Waals surface area (Å²) >= 11 is 0. The lowest BCUT2D eigenvalue weighted by molar-refractivity contribution is -0.139. The molecule has 0 N–H and O–H groups in total. The van der Waals surface area contributed by atoms with Gasteiger partial charge in [-0.3, -0.25) is 9.59 Å². The first kappa shape index (κ1) is 35.5. The van der Waals surface area contributed by atoms with E-state index in [0.29, 0.717) is 39.3 Å². The van der Waals surface area contributed by atoms with E-state index in [-0.39, 0.29) is 30.0 Å². The van der Waals surface area contributed by atoms with Crippen LogP contribution in [-0.2, 0) is 39.0 Å². The first-order valence-electron chi connectivity index (χ1n) is 16.5. The Labute approximate surface area is 273 Å². The maximum atomic E-state index is 14.8. The van der Waals surface area contributed by atoms with Crippen LogP contribution in [0.5, 0.6) is 5.75 Å². The molecule has 1 saturated carbocycles. The second-order valence-corrected chi connectivity index (χ2v) is 13.8. The average Bonchev–Trinajstić information content (AvgIpc) is 3.85. The van der Waals surface area contributed by atoms with Gasteiger partial charge in [-0.15, -0.1) is 0 Å². The molecule has 1 unspecified atom stereocenters. The third-order valence-electron chi connectivity index (χ3n) is 9.09. The topological polar surface area (TPSA) is 99.5 Å². The first-order valence-corrected chi connectivity index (χ1v) is 16.5. The molecule has 2 heterocycles. The highest BCUT2D eigenvalue weighted by molar-refractivity contribution is 5.82. The molecule has 1 aliphatic carbocycles. The quantitative estimate of drug-likeness (QED) is 0.280. The van der Waals surface area contributed by atoms with Crippen molar-refractivity contribution in [3.05, 3.63) is 62.6 Å². The van der Waals surface area contributed by atoms with Gasteiger partial charge in [0.05, 0.1) is 12.5 Å². The Morgan fingerprint density at radius 3 is 2.30 bits per heavy atom. The minimum Gasteiger partial charge on any atom is -0.491 e. The monoisotopic (exact) mass is 639 g/mol. The summed E-state index contributed by atoms with van der Waals surface area (Å²) in [5.41, 5.74) is 4.17. The Kier molecular flexibility index (Phi) is 11.9. The second-order valence-electron chi connectivity index (χ2n) is 13.8. The van der Waals surface area contributed by atoms with Crippen LogP contribution in [0.2, 0.25) is 0 Å². The van der Waals surface area contributed by atoms with Gasteiger partial charge in [0.1, 0.15) is 18.0 Å². The van der Waals surface area contributed by atoms with Crippen molar-refractivity contribution in [1.29, 1.82) is 0 Å². The number of likely N-dealkylation sites (tertiary alicyclic amines) is 1. The fraction of sp³-hybridized carbons (Fsp3) is 0.639. The molecule has 2 atom stereocenters. The van der Waals surface area contributed by atoms with Gasteiger partial charge in [0.15, 0.2) is 0 Å². The summed E-state index contributed by atoms with van der Waals surface area (Å²) in [7, 11) is 5.12. The molecule has 0 spiro atoms. The molecule has 2 aliphatic rings. The van der Waals surface area contributed by atoms with Crippen molar-refractivity contribution in [3.63, 3.8) is 0 Å². The van der Waals surface area contributed by atoms with Crippen LogP contribution in [-0.4, -0.2) is 85.1 Å². The number of pyridine rings is 1. The molecule has 2 amide bonds. The van der Waals surface area contributed by atoms with Crippen molar-refractivity contribution < 1.29 is 28.5 Å². The van der Waals surface area contributed by atoms with Gasteiger partial charge < -0.3 is 33.3 Å². The highest BCUT2D eigenvalue weighted by atomic mass is 16.6. The van der Waals surface area contributed by atoms with Crippen LogP contribution in [0.3, 0.4) is 0 Å². The Morgan fingerprint density at radius 2 is 1.65 bits per heavy atom. The standard InChI is InChI=1S/C36H53N3O7/c1-24-25(2)37(6)33(40)21-31(24)30-13-14-38(35(42)46-36(3,4)5)23-32(30)34(41)39(28-11-12-28)22-27-18-26(10-9-15-43-7)19-29(20-27)45-17-16-44-8/h18-21,28,30,32H,9-17,22-23H2,1-8H3/t30?,32-/m1/s1. The molecule has 0 bridgehead atoms. The number of nitrogens with zero attached hydrogens (tertiary/aromatic N) is 3. The summed E-state index contributed by atoms with van der Waals surface area (Å²) in [5, 5.41) is 0. The maximum absolute atomic E-state index is 14.8. The van der Waals surface area contributed by atoms with Gasteiger partial charge in [-0.25, -0.2) is 4.79 Å². The van der Waals surface area contributed by atoms with E-state index in [1.807, 2.05) is 45.6 Å². The third kappa shape index (κ3) is 9.12. The summed E-state index contributed by atoms with van der Waals surface area (Å²) in [4.78, 5) is 44.6. The molecule has 46 heavy (non-hydrogen) atoms. The first-order chi connectivity index (χ1) is 21.8. The van der Waals surface area contributed by atoms with Crippen LogP contribution in [0.25, 0.3) is 0 Å². The lowest BCUT2D eigenvalue weighted by atomic mass is 9.78. The Balaban J connectivity index is 1.68. The predicted octanol–water partition coefficient (Wildman–Crippen LogP) is 5.14. The minimum absolute atomic E-state index is 0.00475. The number of rotatable bonds is 13. The van der Waals surface area contributed by atoms with E-state index in [0.717, 1.165) is 59.4 Å². The number of carbonyl (C=O) groups excluding carboxylic acids is 2. The van der Waals surface area contributed by atoms with E-state index in [2.05, 4.69) is 12.1 Å². The van der Waals surface area contributed by atoms with Crippen LogP contribution in [0.1, 0.15) is 80.3 Å². The van der Waals surface area contributed by atoms with E-state index < -0.39 is 17.6 Å². The lowest BCUT2D eigenvalue weighted by Gasteiger charge is -2.41. The molecule has 10 heteroatoms. The fourth-order valence-corrected chi connectivity index (χ4v) is 6.31. The molecule has 1 aromatic heterocycles. The summed E-state index contributed by atoms with van der Waals surface area (Å²) in [6.45, 7) is 12.2. The number of methoxy groups -OCH3 is 2. The van der Waals surface area contributed by atoms with Crippen molar-refractivity contribution in [2.24, 2.45) is 13.0 Å². The molecular weight excluding hydrogens is 586 g/mol. The van der Waals surface area contributed by atoms with Gasteiger partial charge in [0.25, 0.3) is 5.56 Å². The molecule has 1 aliphatic heterocycles. The van der Waals surface area contributed by atoms with Crippen LogP contribution in [0.15, 0.2) is 29.1 Å². The molecular formula is C36H53N3O7. The third-order valence-corrected chi connectivity index (χ3v) is 9.09. The van der Waals surface area contributed by atoms with Crippen LogP contribution in [0.4, 0.5) is 4.79 Å². The Morgan fingerprint density at radius 1 is 0.957 bits per heavy atom. The van der Waals surface area contributed by atoms with Gasteiger partial charge in [0, 0.05) is 65.3 Å². The van der Waals surface area contributed by atoms with Gasteiger partial charge in [-0.1, -0.05) is 6.07 Å². The summed E-state index contributed by atoms with van der Waals surface area (Å²) in [6.07, 6.45) is 3.73. The lowest BCUT2D eigenvalue weighted by Crippen LogP contribution is -2.51. The predicted molar refractivity (Wildman–Crippen MR) is 177 cm³/mol. The highest BCUT2D eigenvalue weighted by Gasteiger charge is 2.44. The summed E-state index contributed by atoms with van der Waals surface area (Å²) in [6, 6.07) is 8.03. The molecule has 2 aromatic rings. The van der Waals surface area contributed by atoms with Crippen molar-refractivity contribution in [2.75, 3.05) is 47.1 Å². The van der Waals surface area contributed by atoms with Crippen molar-refractivity contribution >= 4 is 12.0 Å². The normalized spacial score (nSPS) is 18.4. The van der Waals surface area contributed by atoms with Crippen LogP contribution >= 0.6 is 0 Å². The van der Waals surface area contributed by atoms with Crippen molar-refractivity contribution in [3.8, 4) is 5.75 Å². The SMILES string of the molecule is COCCCc1cc(CN(C(=O)[C@@H]2CN(C(=O)OC(C)(C)C)CCC2c2cc(=O)n(C)c(C)c2C)C2CC2)cc(OCCOC)c1. The average molecular weight is 640 g/mol. The zero-order valence-electron chi connectivity index (χ0n) is 29.0. The van der Waals surface area contributed by atoms with Gasteiger partial charge in [0.2, 0.25) is 5.91 Å². The zero-order valence-corrected chi connectivity index (χ0v) is 29.0. The zero-order chi connectivity index (χ0) is 33.6. The molecule has 1 aromatic carbocycles. The number of ether oxygens (including phenoxy) is 4. The summed E-state index contributed by atoms with van der Waals surface area (Å²) in [5.74, 6) is 0.0379. The number of carbonyl (C=O) groups is 2. The molecule has 254 valence electrons. The van der Waals surface area contributed by atoms with Crippen molar-refractivity contribution in [2.45, 2.75) is 90.8 Å². The molecule has 2 fully saturated rings. The van der Waals surface area contributed by atoms with Crippen molar-refractivity contribution in [1.82, 2.24) is 14.4 Å². The van der Waals surface area contributed by atoms with Gasteiger partial charge in [-0.05, 0) is 107 Å². The van der Waals surface area contributed by atoms with E-state index in [9.17, 15) is 14.4 Å². The Bertz CT molecular complexity index is 1400. The minimum atomic E-state index is -0.649. The van der Waals surface area contributed by atoms with Gasteiger partial charge in [-0.2, -0.15) is 0 Å². The molecule has 1 saturated heterocycles. The molecule has 10 nitrogen and oxygen atoms in total. The van der Waals surface area contributed by atoms with Gasteiger partial charge >= 0.3 is 6.09 Å². The number of benzene rings is 1. The fourth-order valence-electron chi connectivity index (χ4n) is 6.31. The Hall–Kier alpha value is -3.37.